The Labute approximate surface area is 329 Å². The number of amides is 1. The van der Waals surface area contributed by atoms with Crippen LogP contribution in [0.4, 0.5) is 27.8 Å². The highest BCUT2D eigenvalue weighted by Gasteiger charge is 2.32. The van der Waals surface area contributed by atoms with Gasteiger partial charge in [-0.05, 0) is 94.4 Å². The van der Waals surface area contributed by atoms with Gasteiger partial charge in [0.2, 0.25) is 0 Å². The first-order valence-corrected chi connectivity index (χ1v) is 19.8. The number of hydrogen-bond donors (Lipinski definition) is 3. The van der Waals surface area contributed by atoms with Crippen molar-refractivity contribution in [2.24, 2.45) is 11.5 Å². The van der Waals surface area contributed by atoms with Crippen LogP contribution in [0.15, 0.2) is 49.3 Å². The summed E-state index contributed by atoms with van der Waals surface area (Å²) in [6.45, 7) is 9.32. The van der Waals surface area contributed by atoms with Gasteiger partial charge in [-0.25, -0.2) is 28.7 Å². The van der Waals surface area contributed by atoms with E-state index < -0.39 is 11.7 Å². The minimum absolute atomic E-state index is 0.191. The van der Waals surface area contributed by atoms with Crippen LogP contribution in [0.1, 0.15) is 93.6 Å². The molecule has 4 aliphatic rings. The summed E-state index contributed by atoms with van der Waals surface area (Å²) in [5, 5.41) is 21.4. The molecule has 4 atom stereocenters. The minimum Gasteiger partial charge on any atom is -0.443 e. The molecule has 1 amide bonds. The van der Waals surface area contributed by atoms with E-state index in [0.29, 0.717) is 68.0 Å². The Bertz CT molecular complexity index is 2340. The van der Waals surface area contributed by atoms with Crippen LogP contribution in [0.2, 0.25) is 0 Å². The summed E-state index contributed by atoms with van der Waals surface area (Å²) in [5.41, 5.74) is 18.8. The number of fused-ring (bicyclic) bond motifs is 4. The average molecular weight is 779 g/mol. The molecule has 6 aromatic heterocycles. The number of anilines is 4. The number of pyridine rings is 2. The Kier molecular flexibility index (Phi) is 9.88. The normalized spacial score (nSPS) is 21.9. The van der Waals surface area contributed by atoms with Crippen LogP contribution in [0.3, 0.4) is 0 Å². The van der Waals surface area contributed by atoms with E-state index in [0.717, 1.165) is 79.2 Å². The van der Waals surface area contributed by atoms with E-state index in [9.17, 15) is 4.79 Å². The minimum atomic E-state index is -0.669. The van der Waals surface area contributed by atoms with Gasteiger partial charge in [-0.3, -0.25) is 9.36 Å². The Balaban J connectivity index is 0.000000153. The molecule has 5 N–H and O–H groups in total. The third-order valence-corrected chi connectivity index (χ3v) is 11.1. The van der Waals surface area contributed by atoms with Gasteiger partial charge in [0.15, 0.2) is 22.9 Å². The first kappa shape index (κ1) is 37.2. The number of nitrogens with two attached hydrogens (primary N) is 2. The second-order valence-corrected chi connectivity index (χ2v) is 16.4. The van der Waals surface area contributed by atoms with Crippen molar-refractivity contribution in [2.75, 3.05) is 23.4 Å². The lowest BCUT2D eigenvalue weighted by molar-refractivity contribution is 0.0598. The number of rotatable bonds is 6. The average Bonchev–Trinajstić information content (AvgIpc) is 4.03. The molecule has 18 heteroatoms. The van der Waals surface area contributed by atoms with E-state index in [-0.39, 0.29) is 6.04 Å². The quantitative estimate of drug-likeness (QED) is 0.206. The Morgan fingerprint density at radius 3 is 2.00 bits per heavy atom. The van der Waals surface area contributed by atoms with Crippen molar-refractivity contribution in [1.82, 2.24) is 48.8 Å². The second kappa shape index (κ2) is 15.1. The fraction of sp³-hybridized carbons (Fsp3) is 0.513. The van der Waals surface area contributed by atoms with Crippen molar-refractivity contribution in [3.63, 3.8) is 0 Å². The van der Waals surface area contributed by atoms with Crippen molar-refractivity contribution >= 4 is 40.4 Å². The number of ether oxygens (including phenoxy) is 3. The van der Waals surface area contributed by atoms with E-state index >= 15 is 0 Å². The van der Waals surface area contributed by atoms with Gasteiger partial charge >= 0.3 is 6.09 Å². The van der Waals surface area contributed by atoms with Gasteiger partial charge in [0.05, 0.1) is 62.3 Å². The molecule has 57 heavy (non-hydrogen) atoms. The molecule has 0 bridgehead atoms. The summed E-state index contributed by atoms with van der Waals surface area (Å²) in [7, 11) is 0. The smallest absolute Gasteiger partial charge is 0.420 e. The van der Waals surface area contributed by atoms with E-state index in [2.05, 4.69) is 42.8 Å². The zero-order valence-electron chi connectivity index (χ0n) is 32.6. The summed E-state index contributed by atoms with van der Waals surface area (Å²) >= 11 is 0. The van der Waals surface area contributed by atoms with E-state index in [4.69, 9.17) is 30.8 Å². The van der Waals surface area contributed by atoms with Crippen molar-refractivity contribution in [3.8, 4) is 0 Å². The number of nitrogens with zero attached hydrogens (tertiary/aromatic N) is 11. The molecule has 300 valence electrons. The predicted octanol–water partition coefficient (Wildman–Crippen LogP) is 4.92. The van der Waals surface area contributed by atoms with E-state index in [1.54, 1.807) is 10.8 Å². The van der Waals surface area contributed by atoms with Crippen molar-refractivity contribution in [3.05, 3.63) is 71.8 Å². The molecule has 18 nitrogen and oxygen atoms in total. The van der Waals surface area contributed by atoms with Gasteiger partial charge in [0.1, 0.15) is 18.3 Å². The molecule has 2 aliphatic heterocycles. The maximum atomic E-state index is 13.5. The molecular weight excluding hydrogens is 729 g/mol. The molecule has 8 heterocycles. The monoisotopic (exact) mass is 778 g/mol. The maximum absolute atomic E-state index is 13.5. The van der Waals surface area contributed by atoms with Gasteiger partial charge in [-0.1, -0.05) is 0 Å². The lowest BCUT2D eigenvalue weighted by atomic mass is 9.98. The van der Waals surface area contributed by atoms with Crippen molar-refractivity contribution < 1.29 is 19.0 Å². The molecule has 6 aromatic rings. The zero-order valence-corrected chi connectivity index (χ0v) is 32.6. The molecule has 10 rings (SSSR count). The first-order valence-electron chi connectivity index (χ1n) is 19.8. The van der Waals surface area contributed by atoms with Crippen LogP contribution in [0.5, 0.6) is 0 Å². The van der Waals surface area contributed by atoms with Crippen LogP contribution >= 0.6 is 0 Å². The highest BCUT2D eigenvalue weighted by Crippen LogP contribution is 2.39. The molecule has 2 aliphatic carbocycles. The van der Waals surface area contributed by atoms with Crippen LogP contribution in [-0.2, 0) is 40.5 Å². The lowest BCUT2D eigenvalue weighted by Crippen LogP contribution is -2.34. The van der Waals surface area contributed by atoms with Crippen LogP contribution < -0.4 is 21.7 Å². The fourth-order valence-corrected chi connectivity index (χ4v) is 8.32. The van der Waals surface area contributed by atoms with Crippen LogP contribution in [0, 0.1) is 0 Å². The summed E-state index contributed by atoms with van der Waals surface area (Å²) in [5.74, 6) is 2.07. The molecular formula is C39H50N14O4. The lowest BCUT2D eigenvalue weighted by Gasteiger charge is -2.26. The van der Waals surface area contributed by atoms with Gasteiger partial charge in [0, 0.05) is 36.6 Å². The highest BCUT2D eigenvalue weighted by molar-refractivity contribution is 5.99. The van der Waals surface area contributed by atoms with Gasteiger partial charge in [0.25, 0.3) is 0 Å². The number of carbonyl (C=O) groups excluding carboxylic acids is 1. The molecule has 0 radical (unpaired) electrons. The molecule has 0 saturated heterocycles. The topological polar surface area (TPSA) is 208 Å². The molecule has 2 fully saturated rings. The molecule has 0 aromatic carbocycles. The summed E-state index contributed by atoms with van der Waals surface area (Å²) in [6.07, 6.45) is 12.7. The van der Waals surface area contributed by atoms with Crippen molar-refractivity contribution in [2.45, 2.75) is 115 Å². The Morgan fingerprint density at radius 2 is 1.40 bits per heavy atom. The summed E-state index contributed by atoms with van der Waals surface area (Å²) in [4.78, 5) is 23.8. The number of carbonyl (C=O) groups is 1. The van der Waals surface area contributed by atoms with Gasteiger partial charge in [-0.15, -0.1) is 0 Å². The molecule has 4 unspecified atom stereocenters. The van der Waals surface area contributed by atoms with E-state index in [1.807, 2.05) is 59.0 Å². The van der Waals surface area contributed by atoms with Gasteiger partial charge < -0.3 is 31.0 Å². The SMILES string of the molecule is CC(C)(C)OC(=O)N(c1cc2n(n1)CCOC2)c1cc(C2CCC(N)C2)cn2ncnc12.NC1CCC(c2cc(Nc3cc4n(n3)CCOC4)c3ncnn3c2)C1. The largest absolute Gasteiger partial charge is 0.443 e. The van der Waals surface area contributed by atoms with Crippen LogP contribution in [0.25, 0.3) is 11.3 Å². The van der Waals surface area contributed by atoms with Crippen LogP contribution in [-0.4, -0.2) is 85.7 Å². The first-order chi connectivity index (χ1) is 27.5. The number of aromatic nitrogens is 10. The standard InChI is InChI=1S/C22H29N7O3.C17H21N7O/c1-22(2,3)32-21(30)29(19-10-17-12-31-7-6-27(17)26-19)18-9-15(14-4-5-16(23)8-14)11-28-20(18)24-13-25-28;18-13-2-1-11(5-13)12-6-15(17-19-10-20-24(17)8-12)21-16-7-14-9-25-4-3-23(14)22-16/h9-11,13-14,16H,4-8,12,23H2,1-3H3;6-8,10-11,13H,1-5,9,18H2,(H,21,22). The third kappa shape index (κ3) is 7.81. The third-order valence-electron chi connectivity index (χ3n) is 11.1. The van der Waals surface area contributed by atoms with E-state index in [1.165, 1.54) is 16.8 Å². The zero-order chi connectivity index (χ0) is 39.3. The number of hydrogen-bond acceptors (Lipinski definition) is 13. The Hall–Kier alpha value is -5.43. The predicted molar refractivity (Wildman–Crippen MR) is 211 cm³/mol. The summed E-state index contributed by atoms with van der Waals surface area (Å²) < 4.78 is 24.2. The maximum Gasteiger partial charge on any atom is 0.420 e. The summed E-state index contributed by atoms with van der Waals surface area (Å²) in [6, 6.07) is 8.56. The Morgan fingerprint density at radius 1 is 0.807 bits per heavy atom. The number of nitrogens with one attached hydrogen (secondary N) is 1. The molecule has 0 spiro atoms. The molecule has 2 saturated carbocycles. The van der Waals surface area contributed by atoms with Crippen molar-refractivity contribution in [1.29, 1.82) is 0 Å². The van der Waals surface area contributed by atoms with Gasteiger partial charge in [-0.2, -0.15) is 20.4 Å². The highest BCUT2D eigenvalue weighted by atomic mass is 16.6. The second-order valence-electron chi connectivity index (χ2n) is 16.4. The fourth-order valence-electron chi connectivity index (χ4n) is 8.32.